The Morgan fingerprint density at radius 1 is 1.17 bits per heavy atom. The van der Waals surface area contributed by atoms with Gasteiger partial charge in [0.25, 0.3) is 5.91 Å². The molecule has 3 rings (SSSR count). The average Bonchev–Trinajstić information content (AvgIpc) is 2.90. The highest BCUT2D eigenvalue weighted by Crippen LogP contribution is 2.24. The molecule has 1 saturated heterocycles. The second kappa shape index (κ2) is 8.93. The van der Waals surface area contributed by atoms with Gasteiger partial charge in [0, 0.05) is 24.3 Å². The number of nitrogens with one attached hydrogen (secondary N) is 1. The topological polar surface area (TPSA) is 75.7 Å². The third-order valence-electron chi connectivity index (χ3n) is 4.17. The summed E-state index contributed by atoms with van der Waals surface area (Å²) in [5.41, 5.74) is 0.101. The van der Waals surface area contributed by atoms with Gasteiger partial charge in [-0.05, 0) is 36.4 Å². The molecule has 0 spiro atoms. The van der Waals surface area contributed by atoms with Crippen LogP contribution in [0.5, 0.6) is 0 Å². The number of amides is 1. The van der Waals surface area contributed by atoms with Gasteiger partial charge in [-0.25, -0.2) is 17.2 Å². The van der Waals surface area contributed by atoms with Gasteiger partial charge >= 0.3 is 0 Å². The molecule has 0 aliphatic carbocycles. The van der Waals surface area contributed by atoms with Crippen LogP contribution in [0.4, 0.5) is 14.5 Å². The molecule has 0 saturated carbocycles. The number of carbonyl (C=O) groups excluding carboxylic acids is 1. The number of anilines is 1. The number of hydrogen-bond donors (Lipinski definition) is 1. The molecule has 2 aromatic rings. The van der Waals surface area contributed by atoms with Crippen molar-refractivity contribution in [2.24, 2.45) is 0 Å². The van der Waals surface area contributed by atoms with Crippen molar-refractivity contribution in [2.45, 2.75) is 10.3 Å². The van der Waals surface area contributed by atoms with Crippen LogP contribution in [0.1, 0.15) is 10.4 Å². The molecule has 6 nitrogen and oxygen atoms in total. The summed E-state index contributed by atoms with van der Waals surface area (Å²) in [7, 11) is -4.25. The molecule has 1 fully saturated rings. The van der Waals surface area contributed by atoms with Crippen LogP contribution in [0.25, 0.3) is 0 Å². The predicted molar refractivity (Wildman–Crippen MR) is 105 cm³/mol. The fourth-order valence-electron chi connectivity index (χ4n) is 2.72. The van der Waals surface area contributed by atoms with Crippen LogP contribution in [0, 0.1) is 11.6 Å². The summed E-state index contributed by atoms with van der Waals surface area (Å²) in [6, 6.07) is 6.55. The number of rotatable bonds is 4. The average molecular weight is 465 g/mol. The molecule has 1 atom stereocenters. The SMILES string of the molecule is O=C(Nc1ccc(F)c(Cl)c1)c1ccc(F)c(S(=O)(=O)N2CCOCC(Cl)C2)c1. The first-order valence-electron chi connectivity index (χ1n) is 8.46. The van der Waals surface area contributed by atoms with Crippen molar-refractivity contribution in [1.29, 1.82) is 0 Å². The Labute approximate surface area is 176 Å². The first kappa shape index (κ1) is 21.9. The van der Waals surface area contributed by atoms with Gasteiger partial charge in [0.15, 0.2) is 0 Å². The van der Waals surface area contributed by atoms with E-state index in [0.29, 0.717) is 0 Å². The number of nitrogens with zero attached hydrogens (tertiary/aromatic N) is 1. The lowest BCUT2D eigenvalue weighted by atomic mass is 10.2. The zero-order valence-corrected chi connectivity index (χ0v) is 17.2. The van der Waals surface area contributed by atoms with Gasteiger partial charge in [-0.2, -0.15) is 4.31 Å². The largest absolute Gasteiger partial charge is 0.378 e. The molecule has 1 heterocycles. The second-order valence-electron chi connectivity index (χ2n) is 6.26. The first-order valence-corrected chi connectivity index (χ1v) is 10.7. The van der Waals surface area contributed by atoms with Crippen LogP contribution in [-0.4, -0.2) is 50.3 Å². The molecule has 11 heteroatoms. The van der Waals surface area contributed by atoms with Crippen LogP contribution >= 0.6 is 23.2 Å². The van der Waals surface area contributed by atoms with E-state index in [1.165, 1.54) is 12.1 Å². The molecule has 0 radical (unpaired) electrons. The Morgan fingerprint density at radius 2 is 1.90 bits per heavy atom. The third kappa shape index (κ3) is 5.04. The van der Waals surface area contributed by atoms with Crippen molar-refractivity contribution in [3.8, 4) is 0 Å². The fourth-order valence-corrected chi connectivity index (χ4v) is 4.80. The third-order valence-corrected chi connectivity index (χ3v) is 6.61. The number of sulfonamides is 1. The molecule has 1 unspecified atom stereocenters. The zero-order valence-electron chi connectivity index (χ0n) is 14.9. The van der Waals surface area contributed by atoms with E-state index in [-0.39, 0.29) is 42.6 Å². The van der Waals surface area contributed by atoms with Crippen molar-refractivity contribution in [2.75, 3.05) is 31.6 Å². The minimum absolute atomic E-state index is 0.00942. The summed E-state index contributed by atoms with van der Waals surface area (Å²) in [6.45, 7) is 0.262. The van der Waals surface area contributed by atoms with Crippen molar-refractivity contribution < 1.29 is 26.7 Å². The lowest BCUT2D eigenvalue weighted by Crippen LogP contribution is -2.36. The summed E-state index contributed by atoms with van der Waals surface area (Å²) in [5.74, 6) is -2.36. The van der Waals surface area contributed by atoms with E-state index in [9.17, 15) is 22.0 Å². The maximum Gasteiger partial charge on any atom is 0.255 e. The number of hydrogen-bond acceptors (Lipinski definition) is 4. The molecule has 1 aliphatic rings. The van der Waals surface area contributed by atoms with E-state index in [0.717, 1.165) is 28.6 Å². The van der Waals surface area contributed by atoms with Gasteiger partial charge < -0.3 is 10.1 Å². The highest BCUT2D eigenvalue weighted by Gasteiger charge is 2.31. The van der Waals surface area contributed by atoms with E-state index >= 15 is 0 Å². The van der Waals surface area contributed by atoms with Crippen LogP contribution in [0.15, 0.2) is 41.3 Å². The number of carbonyl (C=O) groups is 1. The van der Waals surface area contributed by atoms with Gasteiger partial charge in [-0.15, -0.1) is 11.6 Å². The standard InChI is InChI=1S/C18H16Cl2F2N2O4S/c19-12-9-24(5-6-28-10-12)29(26,27)17-7-11(1-3-16(17)22)18(25)23-13-2-4-15(21)14(20)8-13/h1-4,7-8,12H,5-6,9-10H2,(H,23,25). The molecule has 0 aromatic heterocycles. The first-order chi connectivity index (χ1) is 13.7. The summed E-state index contributed by atoms with van der Waals surface area (Å²) in [5, 5.41) is 1.69. The number of benzene rings is 2. The van der Waals surface area contributed by atoms with E-state index in [4.69, 9.17) is 27.9 Å². The minimum atomic E-state index is -4.25. The quantitative estimate of drug-likeness (QED) is 0.702. The normalized spacial score (nSPS) is 18.3. The highest BCUT2D eigenvalue weighted by molar-refractivity contribution is 7.89. The Balaban J connectivity index is 1.88. The Morgan fingerprint density at radius 3 is 2.62 bits per heavy atom. The van der Waals surface area contributed by atoms with Crippen LogP contribution in [-0.2, 0) is 14.8 Å². The Bertz CT molecular complexity index is 1040. The van der Waals surface area contributed by atoms with Crippen molar-refractivity contribution in [3.05, 3.63) is 58.6 Å². The van der Waals surface area contributed by atoms with Gasteiger partial charge in [0.05, 0.1) is 23.6 Å². The molecule has 1 aliphatic heterocycles. The maximum absolute atomic E-state index is 14.3. The highest BCUT2D eigenvalue weighted by atomic mass is 35.5. The summed E-state index contributed by atoms with van der Waals surface area (Å²) in [6.07, 6.45) is 0. The Hall–Kier alpha value is -1.78. The van der Waals surface area contributed by atoms with E-state index in [1.54, 1.807) is 0 Å². The van der Waals surface area contributed by atoms with Gasteiger partial charge in [0.1, 0.15) is 16.5 Å². The van der Waals surface area contributed by atoms with Crippen LogP contribution in [0.2, 0.25) is 5.02 Å². The fraction of sp³-hybridized carbons (Fsp3) is 0.278. The monoisotopic (exact) mass is 464 g/mol. The van der Waals surface area contributed by atoms with Crippen molar-refractivity contribution in [3.63, 3.8) is 0 Å². The van der Waals surface area contributed by atoms with E-state index in [2.05, 4.69) is 5.32 Å². The zero-order chi connectivity index (χ0) is 21.2. The maximum atomic E-state index is 14.3. The molecule has 1 N–H and O–H groups in total. The van der Waals surface area contributed by atoms with Gasteiger partial charge in [0.2, 0.25) is 10.0 Å². The molecule has 29 heavy (non-hydrogen) atoms. The molecular weight excluding hydrogens is 449 g/mol. The van der Waals surface area contributed by atoms with Gasteiger partial charge in [-0.1, -0.05) is 11.6 Å². The molecule has 0 bridgehead atoms. The number of ether oxygens (including phenoxy) is 1. The van der Waals surface area contributed by atoms with Crippen LogP contribution < -0.4 is 5.32 Å². The molecule has 1 amide bonds. The minimum Gasteiger partial charge on any atom is -0.378 e. The molecule has 156 valence electrons. The van der Waals surface area contributed by atoms with Crippen molar-refractivity contribution >= 4 is 44.8 Å². The van der Waals surface area contributed by atoms with E-state index in [1.807, 2.05) is 0 Å². The summed E-state index contributed by atoms with van der Waals surface area (Å²) < 4.78 is 59.6. The summed E-state index contributed by atoms with van der Waals surface area (Å²) >= 11 is 11.7. The lowest BCUT2D eigenvalue weighted by Gasteiger charge is -2.21. The lowest BCUT2D eigenvalue weighted by molar-refractivity contribution is 0.102. The number of halogens is 4. The van der Waals surface area contributed by atoms with E-state index < -0.39 is 37.8 Å². The van der Waals surface area contributed by atoms with Crippen molar-refractivity contribution in [1.82, 2.24) is 4.31 Å². The van der Waals surface area contributed by atoms with Crippen LogP contribution in [0.3, 0.4) is 0 Å². The Kier molecular flexibility index (Phi) is 6.75. The molecule has 2 aromatic carbocycles. The second-order valence-corrected chi connectivity index (χ2v) is 9.19. The number of alkyl halides is 1. The summed E-state index contributed by atoms with van der Waals surface area (Å²) in [4.78, 5) is 11.8. The smallest absolute Gasteiger partial charge is 0.255 e. The molecular formula is C18H16Cl2F2N2O4S. The predicted octanol–water partition coefficient (Wildman–Crippen LogP) is 3.50. The van der Waals surface area contributed by atoms with Gasteiger partial charge in [-0.3, -0.25) is 4.79 Å².